The summed E-state index contributed by atoms with van der Waals surface area (Å²) in [5.41, 5.74) is 0.748. The van der Waals surface area contributed by atoms with Gasteiger partial charge in [-0.3, -0.25) is 4.79 Å². The summed E-state index contributed by atoms with van der Waals surface area (Å²) < 4.78 is 22.1. The molecule has 0 aromatic carbocycles. The smallest absolute Gasteiger partial charge is 0.234 e. The molecule has 0 aromatic heterocycles. The summed E-state index contributed by atoms with van der Waals surface area (Å²) in [6.45, 7) is 1.42. The van der Waals surface area contributed by atoms with Gasteiger partial charge in [0, 0.05) is 19.0 Å². The zero-order chi connectivity index (χ0) is 11.5. The van der Waals surface area contributed by atoms with E-state index in [0.29, 0.717) is 12.8 Å². The second-order valence-electron chi connectivity index (χ2n) is 3.37. The molecule has 3 N–H and O–H groups in total. The average molecular weight is 230 g/mol. The largest absolute Gasteiger partial charge is 0.330 e. The van der Waals surface area contributed by atoms with Crippen LogP contribution in [-0.4, -0.2) is 14.3 Å². The predicted molar refractivity (Wildman–Crippen MR) is 56.9 cm³/mol. The Balaban J connectivity index is 2.76. The zero-order valence-electron chi connectivity index (χ0n) is 8.49. The molecule has 84 valence electrons. The van der Waals surface area contributed by atoms with Crippen LogP contribution >= 0.6 is 0 Å². The van der Waals surface area contributed by atoms with E-state index in [-0.39, 0.29) is 17.2 Å². The van der Waals surface area contributed by atoms with E-state index < -0.39 is 10.0 Å². The molecule has 1 rings (SSSR count). The first-order chi connectivity index (χ1) is 6.89. The minimum absolute atomic E-state index is 0.152. The van der Waals surface area contributed by atoms with Gasteiger partial charge in [0.15, 0.2) is 0 Å². The van der Waals surface area contributed by atoms with E-state index in [1.54, 1.807) is 12.2 Å². The van der Waals surface area contributed by atoms with Crippen molar-refractivity contribution in [1.29, 1.82) is 0 Å². The van der Waals surface area contributed by atoms with Crippen LogP contribution in [0.3, 0.4) is 0 Å². The molecule has 0 radical (unpaired) electrons. The lowest BCUT2D eigenvalue weighted by Crippen LogP contribution is -2.18. The SMILES string of the molecule is CC(=O)NC1=CCC(S(N)(=O)=O)=CCC1. The van der Waals surface area contributed by atoms with E-state index in [0.717, 1.165) is 5.70 Å². The second-order valence-corrected chi connectivity index (χ2v) is 4.98. The zero-order valence-corrected chi connectivity index (χ0v) is 9.30. The molecule has 0 saturated heterocycles. The van der Waals surface area contributed by atoms with Gasteiger partial charge in [0.25, 0.3) is 0 Å². The molecule has 1 aliphatic carbocycles. The van der Waals surface area contributed by atoms with Gasteiger partial charge >= 0.3 is 0 Å². The maximum absolute atomic E-state index is 11.1. The molecule has 0 heterocycles. The summed E-state index contributed by atoms with van der Waals surface area (Å²) in [6, 6.07) is 0. The molecule has 0 aliphatic heterocycles. The number of sulfonamides is 1. The van der Waals surface area contributed by atoms with E-state index in [1.807, 2.05) is 0 Å². The predicted octanol–water partition coefficient (Wildman–Crippen LogP) is 0.363. The van der Waals surface area contributed by atoms with Crippen molar-refractivity contribution in [2.45, 2.75) is 26.2 Å². The van der Waals surface area contributed by atoms with E-state index >= 15 is 0 Å². The monoisotopic (exact) mass is 230 g/mol. The summed E-state index contributed by atoms with van der Waals surface area (Å²) in [5.74, 6) is -0.152. The Labute approximate surface area is 89.1 Å². The Morgan fingerprint density at radius 2 is 2.13 bits per heavy atom. The van der Waals surface area contributed by atoms with E-state index in [4.69, 9.17) is 5.14 Å². The van der Waals surface area contributed by atoms with E-state index in [1.165, 1.54) is 6.92 Å². The third kappa shape index (κ3) is 3.85. The third-order valence-electron chi connectivity index (χ3n) is 2.04. The summed E-state index contributed by atoms with van der Waals surface area (Å²) >= 11 is 0. The molecule has 1 aliphatic rings. The Bertz CT molecular complexity index is 421. The van der Waals surface area contributed by atoms with Gasteiger partial charge in [0.2, 0.25) is 15.9 Å². The van der Waals surface area contributed by atoms with Gasteiger partial charge in [-0.2, -0.15) is 0 Å². The Morgan fingerprint density at radius 3 is 2.67 bits per heavy atom. The van der Waals surface area contributed by atoms with Gasteiger partial charge in [0.05, 0.1) is 4.91 Å². The van der Waals surface area contributed by atoms with Gasteiger partial charge in [-0.15, -0.1) is 0 Å². The van der Waals surface area contributed by atoms with Crippen LogP contribution in [0, 0.1) is 0 Å². The van der Waals surface area contributed by atoms with Crippen LogP contribution in [0.1, 0.15) is 26.2 Å². The number of carbonyl (C=O) groups is 1. The number of hydrogen-bond donors (Lipinski definition) is 2. The molecule has 15 heavy (non-hydrogen) atoms. The maximum atomic E-state index is 11.1. The summed E-state index contributed by atoms with van der Waals surface area (Å²) in [7, 11) is -3.60. The van der Waals surface area contributed by atoms with Gasteiger partial charge < -0.3 is 5.32 Å². The molecule has 1 amide bonds. The fraction of sp³-hybridized carbons (Fsp3) is 0.444. The Kier molecular flexibility index (Phi) is 3.65. The molecule has 0 unspecified atom stereocenters. The van der Waals surface area contributed by atoms with E-state index in [9.17, 15) is 13.2 Å². The minimum atomic E-state index is -3.60. The van der Waals surface area contributed by atoms with Crippen molar-refractivity contribution in [3.05, 3.63) is 22.8 Å². The number of carbonyl (C=O) groups excluding carboxylic acids is 1. The number of nitrogens with one attached hydrogen (secondary N) is 1. The van der Waals surface area contributed by atoms with Crippen LogP contribution in [0.5, 0.6) is 0 Å². The minimum Gasteiger partial charge on any atom is -0.330 e. The second kappa shape index (κ2) is 4.59. The highest BCUT2D eigenvalue weighted by Crippen LogP contribution is 2.18. The third-order valence-corrected chi connectivity index (χ3v) is 3.10. The molecular weight excluding hydrogens is 216 g/mol. The Morgan fingerprint density at radius 1 is 1.47 bits per heavy atom. The standard InChI is InChI=1S/C9H14N2O3S/c1-7(12)11-8-3-2-4-9(6-5-8)15(10,13)14/h4-5H,2-3,6H2,1H3,(H,11,12)(H2,10,13,14). The topological polar surface area (TPSA) is 89.3 Å². The Hall–Kier alpha value is -1.14. The fourth-order valence-corrected chi connectivity index (χ4v) is 2.04. The number of primary sulfonamides is 1. The molecule has 0 atom stereocenters. The highest BCUT2D eigenvalue weighted by atomic mass is 32.2. The lowest BCUT2D eigenvalue weighted by Gasteiger charge is -2.04. The normalized spacial score (nSPS) is 17.5. The molecule has 0 spiro atoms. The van der Waals surface area contributed by atoms with Crippen molar-refractivity contribution in [2.75, 3.05) is 0 Å². The first-order valence-electron chi connectivity index (χ1n) is 4.58. The molecule has 0 bridgehead atoms. The number of allylic oxidation sites excluding steroid dienone is 4. The van der Waals surface area contributed by atoms with Gasteiger partial charge in [-0.25, -0.2) is 13.6 Å². The quantitative estimate of drug-likeness (QED) is 0.718. The highest BCUT2D eigenvalue weighted by Gasteiger charge is 2.13. The number of rotatable bonds is 2. The molecule has 5 nitrogen and oxygen atoms in total. The van der Waals surface area contributed by atoms with Gasteiger partial charge in [-0.05, 0) is 12.8 Å². The van der Waals surface area contributed by atoms with Gasteiger partial charge in [-0.1, -0.05) is 12.2 Å². The molecular formula is C9H14N2O3S. The van der Waals surface area contributed by atoms with Crippen molar-refractivity contribution < 1.29 is 13.2 Å². The van der Waals surface area contributed by atoms with Crippen LogP contribution in [0.15, 0.2) is 22.8 Å². The van der Waals surface area contributed by atoms with Crippen LogP contribution in [-0.2, 0) is 14.8 Å². The van der Waals surface area contributed by atoms with Crippen LogP contribution in [0.25, 0.3) is 0 Å². The van der Waals surface area contributed by atoms with Crippen molar-refractivity contribution >= 4 is 15.9 Å². The summed E-state index contributed by atoms with van der Waals surface area (Å²) in [4.78, 5) is 11.0. The first kappa shape index (κ1) is 11.9. The van der Waals surface area contributed by atoms with Crippen LogP contribution < -0.4 is 10.5 Å². The fourth-order valence-electron chi connectivity index (χ4n) is 1.37. The van der Waals surface area contributed by atoms with E-state index in [2.05, 4.69) is 5.32 Å². The first-order valence-corrected chi connectivity index (χ1v) is 6.12. The summed E-state index contributed by atoms with van der Waals surface area (Å²) in [6.07, 6.45) is 4.72. The summed E-state index contributed by atoms with van der Waals surface area (Å²) in [5, 5.41) is 7.66. The lowest BCUT2D eigenvalue weighted by atomic mass is 10.2. The van der Waals surface area contributed by atoms with Crippen molar-refractivity contribution in [3.63, 3.8) is 0 Å². The molecule has 6 heteroatoms. The maximum Gasteiger partial charge on any atom is 0.234 e. The van der Waals surface area contributed by atoms with Crippen molar-refractivity contribution in [2.24, 2.45) is 5.14 Å². The lowest BCUT2D eigenvalue weighted by molar-refractivity contribution is -0.118. The number of hydrogen-bond acceptors (Lipinski definition) is 3. The van der Waals surface area contributed by atoms with Crippen molar-refractivity contribution in [1.82, 2.24) is 5.32 Å². The molecule has 0 saturated carbocycles. The average Bonchev–Trinajstić information content (AvgIpc) is 2.27. The number of nitrogens with two attached hydrogens (primary N) is 1. The number of amides is 1. The molecule has 0 aromatic rings. The highest BCUT2D eigenvalue weighted by molar-refractivity contribution is 7.93. The van der Waals surface area contributed by atoms with Crippen molar-refractivity contribution in [3.8, 4) is 0 Å². The van der Waals surface area contributed by atoms with Crippen LogP contribution in [0.4, 0.5) is 0 Å². The molecule has 0 fully saturated rings. The van der Waals surface area contributed by atoms with Crippen LogP contribution in [0.2, 0.25) is 0 Å². The van der Waals surface area contributed by atoms with Gasteiger partial charge in [0.1, 0.15) is 0 Å².